The summed E-state index contributed by atoms with van der Waals surface area (Å²) in [4.78, 5) is 17.0. The minimum atomic E-state index is -0.308. The van der Waals surface area contributed by atoms with Gasteiger partial charge < -0.3 is 4.90 Å². The fraction of sp³-hybridized carbons (Fsp3) is 0.350. The smallest absolute Gasteiger partial charge is 0.253 e. The molecule has 1 amide bonds. The van der Waals surface area contributed by atoms with Gasteiger partial charge in [-0.15, -0.1) is 0 Å². The van der Waals surface area contributed by atoms with Gasteiger partial charge in [0.15, 0.2) is 0 Å². The Balaban J connectivity index is 1.42. The Bertz CT molecular complexity index is 744. The summed E-state index contributed by atoms with van der Waals surface area (Å²) >= 11 is 0. The van der Waals surface area contributed by atoms with E-state index in [2.05, 4.69) is 29.2 Å². The molecular weight excluding hydrogens is 303 g/mol. The van der Waals surface area contributed by atoms with Crippen molar-refractivity contribution in [3.8, 4) is 0 Å². The molecule has 0 unspecified atom stereocenters. The van der Waals surface area contributed by atoms with Crippen molar-refractivity contribution in [1.29, 1.82) is 0 Å². The van der Waals surface area contributed by atoms with Crippen LogP contribution in [0.3, 0.4) is 0 Å². The molecule has 1 fully saturated rings. The number of amides is 1. The van der Waals surface area contributed by atoms with Gasteiger partial charge in [-0.1, -0.05) is 24.3 Å². The fourth-order valence-corrected chi connectivity index (χ4v) is 3.83. The maximum Gasteiger partial charge on any atom is 0.253 e. The van der Waals surface area contributed by atoms with Crippen LogP contribution in [0.5, 0.6) is 0 Å². The molecule has 2 heterocycles. The van der Waals surface area contributed by atoms with Gasteiger partial charge in [-0.25, -0.2) is 4.39 Å². The van der Waals surface area contributed by atoms with Crippen LogP contribution in [0.4, 0.5) is 4.39 Å². The number of likely N-dealkylation sites (tertiary alicyclic amines) is 1. The first-order chi connectivity index (χ1) is 11.7. The normalized spacial score (nSPS) is 20.9. The average molecular weight is 324 g/mol. The van der Waals surface area contributed by atoms with Crippen LogP contribution >= 0.6 is 0 Å². The summed E-state index contributed by atoms with van der Waals surface area (Å²) in [5, 5.41) is 0. The fourth-order valence-electron chi connectivity index (χ4n) is 3.83. The van der Waals surface area contributed by atoms with E-state index in [1.807, 2.05) is 4.90 Å². The van der Waals surface area contributed by atoms with Crippen molar-refractivity contribution in [2.45, 2.75) is 25.4 Å². The summed E-state index contributed by atoms with van der Waals surface area (Å²) in [6.45, 7) is 3.57. The third-order valence-corrected chi connectivity index (χ3v) is 5.22. The van der Waals surface area contributed by atoms with Crippen LogP contribution in [-0.4, -0.2) is 41.4 Å². The number of halogens is 1. The lowest BCUT2D eigenvalue weighted by Gasteiger charge is -2.33. The molecule has 2 aromatic carbocycles. The Morgan fingerprint density at radius 1 is 1.00 bits per heavy atom. The molecule has 2 aromatic rings. The van der Waals surface area contributed by atoms with Crippen molar-refractivity contribution in [2.75, 3.05) is 19.6 Å². The van der Waals surface area contributed by atoms with Crippen molar-refractivity contribution in [3.05, 3.63) is 71.0 Å². The molecule has 0 N–H and O–H groups in total. The summed E-state index contributed by atoms with van der Waals surface area (Å²) in [5.74, 6) is -0.298. The third kappa shape index (κ3) is 2.94. The largest absolute Gasteiger partial charge is 0.337 e. The van der Waals surface area contributed by atoms with Crippen molar-refractivity contribution >= 4 is 5.91 Å². The minimum absolute atomic E-state index is 0.00918. The molecule has 1 atom stereocenters. The quantitative estimate of drug-likeness (QED) is 0.847. The molecule has 0 bridgehead atoms. The molecule has 4 rings (SSSR count). The zero-order valence-corrected chi connectivity index (χ0v) is 13.6. The molecule has 0 saturated carbocycles. The summed E-state index contributed by atoms with van der Waals surface area (Å²) in [6.07, 6.45) is 2.09. The molecule has 2 aliphatic heterocycles. The summed E-state index contributed by atoms with van der Waals surface area (Å²) in [5.41, 5.74) is 3.43. The van der Waals surface area contributed by atoms with Crippen molar-refractivity contribution in [3.63, 3.8) is 0 Å². The second-order valence-corrected chi connectivity index (χ2v) is 6.69. The first kappa shape index (κ1) is 15.3. The zero-order chi connectivity index (χ0) is 16.5. The highest BCUT2D eigenvalue weighted by atomic mass is 19.1. The van der Waals surface area contributed by atoms with Crippen molar-refractivity contribution in [2.24, 2.45) is 0 Å². The van der Waals surface area contributed by atoms with E-state index in [0.717, 1.165) is 39.0 Å². The van der Waals surface area contributed by atoms with Gasteiger partial charge in [0.05, 0.1) is 0 Å². The first-order valence-corrected chi connectivity index (χ1v) is 8.56. The standard InChI is InChI=1S/C20H21FN2O/c21-18-7-5-16(6-8-18)20(24)23-12-10-19(14-23)22-11-9-15-3-1-2-4-17(15)13-22/h1-8,19H,9-14H2/t19-/m1/s1. The lowest BCUT2D eigenvalue weighted by molar-refractivity contribution is 0.0773. The SMILES string of the molecule is O=C(c1ccc(F)cc1)N1CC[C@@H](N2CCc3ccccc3C2)C1. The number of rotatable bonds is 2. The van der Waals surface area contributed by atoms with Gasteiger partial charge in [-0.2, -0.15) is 0 Å². The number of hydrogen-bond donors (Lipinski definition) is 0. The van der Waals surface area contributed by atoms with Crippen LogP contribution in [0, 0.1) is 5.82 Å². The maximum absolute atomic E-state index is 13.0. The van der Waals surface area contributed by atoms with Crippen LogP contribution in [0.2, 0.25) is 0 Å². The summed E-state index contributed by atoms with van der Waals surface area (Å²) in [6, 6.07) is 14.9. The summed E-state index contributed by atoms with van der Waals surface area (Å²) < 4.78 is 13.0. The Hall–Kier alpha value is -2.20. The van der Waals surface area contributed by atoms with Gasteiger partial charge in [0.25, 0.3) is 5.91 Å². The van der Waals surface area contributed by atoms with Crippen LogP contribution in [0.1, 0.15) is 27.9 Å². The molecule has 1 saturated heterocycles. The van der Waals surface area contributed by atoms with Gasteiger partial charge in [-0.05, 0) is 48.2 Å². The van der Waals surface area contributed by atoms with Crippen LogP contribution in [0.25, 0.3) is 0 Å². The minimum Gasteiger partial charge on any atom is -0.337 e. The van der Waals surface area contributed by atoms with Crippen molar-refractivity contribution in [1.82, 2.24) is 9.80 Å². The molecule has 24 heavy (non-hydrogen) atoms. The Labute approximate surface area is 141 Å². The van der Waals surface area contributed by atoms with Crippen LogP contribution in [0.15, 0.2) is 48.5 Å². The average Bonchev–Trinajstić information content (AvgIpc) is 3.11. The number of benzene rings is 2. The molecule has 2 aliphatic rings. The highest BCUT2D eigenvalue weighted by molar-refractivity contribution is 5.94. The first-order valence-electron chi connectivity index (χ1n) is 8.56. The lowest BCUT2D eigenvalue weighted by atomic mass is 9.98. The summed E-state index contributed by atoms with van der Waals surface area (Å²) in [7, 11) is 0. The molecule has 124 valence electrons. The molecule has 0 radical (unpaired) electrons. The van der Waals surface area contributed by atoms with Gasteiger partial charge in [0, 0.05) is 37.8 Å². The molecule has 4 heteroatoms. The van der Waals surface area contributed by atoms with E-state index in [1.54, 1.807) is 12.1 Å². The molecular formula is C20H21FN2O. The van der Waals surface area contributed by atoms with E-state index in [4.69, 9.17) is 0 Å². The zero-order valence-electron chi connectivity index (χ0n) is 13.6. The van der Waals surface area contributed by atoms with E-state index < -0.39 is 0 Å². The van der Waals surface area contributed by atoms with E-state index in [0.29, 0.717) is 11.6 Å². The predicted molar refractivity (Wildman–Crippen MR) is 91.3 cm³/mol. The molecule has 3 nitrogen and oxygen atoms in total. The number of carbonyl (C=O) groups is 1. The maximum atomic E-state index is 13.0. The predicted octanol–water partition coefficient (Wildman–Crippen LogP) is 3.10. The van der Waals surface area contributed by atoms with E-state index in [-0.39, 0.29) is 11.7 Å². The van der Waals surface area contributed by atoms with E-state index >= 15 is 0 Å². The van der Waals surface area contributed by atoms with Gasteiger partial charge in [0.2, 0.25) is 0 Å². The molecule has 0 aliphatic carbocycles. The topological polar surface area (TPSA) is 23.6 Å². The number of hydrogen-bond acceptors (Lipinski definition) is 2. The number of nitrogens with zero attached hydrogens (tertiary/aromatic N) is 2. The van der Waals surface area contributed by atoms with E-state index in [9.17, 15) is 9.18 Å². The second-order valence-electron chi connectivity index (χ2n) is 6.69. The number of fused-ring (bicyclic) bond motifs is 1. The monoisotopic (exact) mass is 324 g/mol. The third-order valence-electron chi connectivity index (χ3n) is 5.22. The second kappa shape index (κ2) is 6.36. The Morgan fingerprint density at radius 3 is 2.54 bits per heavy atom. The Kier molecular flexibility index (Phi) is 4.07. The van der Waals surface area contributed by atoms with Gasteiger partial charge in [-0.3, -0.25) is 9.69 Å². The van der Waals surface area contributed by atoms with Gasteiger partial charge >= 0.3 is 0 Å². The highest BCUT2D eigenvalue weighted by Crippen LogP contribution is 2.25. The lowest BCUT2D eigenvalue weighted by Crippen LogP contribution is -2.41. The van der Waals surface area contributed by atoms with Crippen LogP contribution in [-0.2, 0) is 13.0 Å². The molecule has 0 aromatic heterocycles. The molecule has 0 spiro atoms. The van der Waals surface area contributed by atoms with Crippen LogP contribution < -0.4 is 0 Å². The Morgan fingerprint density at radius 2 is 1.75 bits per heavy atom. The van der Waals surface area contributed by atoms with Gasteiger partial charge in [0.1, 0.15) is 5.82 Å². The highest BCUT2D eigenvalue weighted by Gasteiger charge is 2.32. The van der Waals surface area contributed by atoms with Crippen molar-refractivity contribution < 1.29 is 9.18 Å². The number of carbonyl (C=O) groups excluding carboxylic acids is 1. The van der Waals surface area contributed by atoms with E-state index in [1.165, 1.54) is 23.3 Å².